The number of amides is 2. The lowest BCUT2D eigenvalue weighted by atomic mass is 10.1. The lowest BCUT2D eigenvalue weighted by Crippen LogP contribution is -2.36. The number of nitrogens with zero attached hydrogens (tertiary/aromatic N) is 1. The molecule has 9 heteroatoms. The Bertz CT molecular complexity index is 1010. The average Bonchev–Trinajstić information content (AvgIpc) is 2.79. The van der Waals surface area contributed by atoms with Crippen LogP contribution in [0.25, 0.3) is 6.08 Å². The Labute approximate surface area is 184 Å². The van der Waals surface area contributed by atoms with E-state index in [2.05, 4.69) is 0 Å². The molecule has 0 radical (unpaired) electrons. The van der Waals surface area contributed by atoms with Gasteiger partial charge in [0.25, 0.3) is 5.91 Å². The second-order valence-corrected chi connectivity index (χ2v) is 7.05. The summed E-state index contributed by atoms with van der Waals surface area (Å²) >= 11 is 0. The summed E-state index contributed by atoms with van der Waals surface area (Å²) in [5, 5.41) is 0. The number of nitrogens with two attached hydrogens (primary N) is 1. The second kappa shape index (κ2) is 11.1. The molecule has 1 aliphatic heterocycles. The quantitative estimate of drug-likeness (QED) is 0.471. The van der Waals surface area contributed by atoms with E-state index in [4.69, 9.17) is 19.9 Å². The predicted molar refractivity (Wildman–Crippen MR) is 112 cm³/mol. The van der Waals surface area contributed by atoms with Gasteiger partial charge in [-0.2, -0.15) is 0 Å². The van der Waals surface area contributed by atoms with Gasteiger partial charge in [-0.25, -0.2) is 9.18 Å². The van der Waals surface area contributed by atoms with Crippen molar-refractivity contribution in [2.24, 2.45) is 5.73 Å². The molecule has 0 saturated carbocycles. The SMILES string of the molecule is NC(=O)CCN(Cc1ccccc1)C(=O)COC(=O)C=Cc1cc(F)cc2c1OCOC2. The molecule has 0 aromatic heterocycles. The van der Waals surface area contributed by atoms with Gasteiger partial charge in [-0.05, 0) is 23.8 Å². The number of hydrogen-bond donors (Lipinski definition) is 1. The van der Waals surface area contributed by atoms with Crippen LogP contribution in [0.2, 0.25) is 0 Å². The normalized spacial score (nSPS) is 12.7. The highest BCUT2D eigenvalue weighted by molar-refractivity contribution is 5.90. The van der Waals surface area contributed by atoms with E-state index in [-0.39, 0.29) is 32.9 Å². The summed E-state index contributed by atoms with van der Waals surface area (Å²) in [6, 6.07) is 11.7. The first kappa shape index (κ1) is 23.0. The number of ether oxygens (including phenoxy) is 3. The molecule has 0 unspecified atom stereocenters. The highest BCUT2D eigenvalue weighted by atomic mass is 19.1. The third-order valence-corrected chi connectivity index (χ3v) is 4.64. The van der Waals surface area contributed by atoms with E-state index in [9.17, 15) is 18.8 Å². The van der Waals surface area contributed by atoms with E-state index in [1.807, 2.05) is 30.3 Å². The Morgan fingerprint density at radius 1 is 1.19 bits per heavy atom. The molecule has 32 heavy (non-hydrogen) atoms. The summed E-state index contributed by atoms with van der Waals surface area (Å²) in [6.07, 6.45) is 2.43. The van der Waals surface area contributed by atoms with Gasteiger partial charge in [-0.1, -0.05) is 30.3 Å². The van der Waals surface area contributed by atoms with Crippen LogP contribution in [0.1, 0.15) is 23.1 Å². The van der Waals surface area contributed by atoms with Crippen LogP contribution in [0.5, 0.6) is 5.75 Å². The van der Waals surface area contributed by atoms with Gasteiger partial charge < -0.3 is 24.8 Å². The van der Waals surface area contributed by atoms with Crippen molar-refractivity contribution in [2.45, 2.75) is 19.6 Å². The van der Waals surface area contributed by atoms with Crippen LogP contribution in [-0.4, -0.2) is 42.6 Å². The number of rotatable bonds is 9. The van der Waals surface area contributed by atoms with Gasteiger partial charge in [0.05, 0.1) is 6.61 Å². The van der Waals surface area contributed by atoms with Gasteiger partial charge in [0.1, 0.15) is 11.6 Å². The molecular weight excluding hydrogens is 419 g/mol. The van der Waals surface area contributed by atoms with Crippen molar-refractivity contribution in [3.8, 4) is 5.75 Å². The van der Waals surface area contributed by atoms with Crippen LogP contribution in [0, 0.1) is 5.82 Å². The summed E-state index contributed by atoms with van der Waals surface area (Å²) in [4.78, 5) is 37.2. The standard InChI is InChI=1S/C23H23FN2O6/c24-19-10-17(23-18(11-19)13-30-15-32-23)6-7-22(29)31-14-21(28)26(9-8-20(25)27)12-16-4-2-1-3-5-16/h1-7,10-11H,8-9,12-15H2,(H2,25,27). The molecule has 8 nitrogen and oxygen atoms in total. The maximum Gasteiger partial charge on any atom is 0.331 e. The number of carbonyl (C=O) groups is 3. The van der Waals surface area contributed by atoms with Crippen LogP contribution in [0.4, 0.5) is 4.39 Å². The molecule has 0 spiro atoms. The number of carbonyl (C=O) groups excluding carboxylic acids is 3. The van der Waals surface area contributed by atoms with Crippen molar-refractivity contribution in [2.75, 3.05) is 19.9 Å². The molecule has 0 atom stereocenters. The number of primary amides is 1. The first-order valence-corrected chi connectivity index (χ1v) is 9.90. The van der Waals surface area contributed by atoms with E-state index in [1.54, 1.807) is 0 Å². The van der Waals surface area contributed by atoms with E-state index in [0.717, 1.165) is 11.6 Å². The fourth-order valence-corrected chi connectivity index (χ4v) is 3.10. The molecule has 0 bridgehead atoms. The van der Waals surface area contributed by atoms with Crippen molar-refractivity contribution in [3.05, 3.63) is 71.0 Å². The molecule has 2 amide bonds. The minimum atomic E-state index is -0.780. The van der Waals surface area contributed by atoms with Gasteiger partial charge in [0, 0.05) is 36.7 Å². The van der Waals surface area contributed by atoms with Crippen LogP contribution >= 0.6 is 0 Å². The summed E-state index contributed by atoms with van der Waals surface area (Å²) in [7, 11) is 0. The second-order valence-electron chi connectivity index (χ2n) is 7.05. The van der Waals surface area contributed by atoms with Gasteiger partial charge in [-0.3, -0.25) is 9.59 Å². The lowest BCUT2D eigenvalue weighted by molar-refractivity contribution is -0.148. The molecule has 0 saturated heterocycles. The van der Waals surface area contributed by atoms with E-state index >= 15 is 0 Å². The number of esters is 1. The molecule has 2 aromatic rings. The molecule has 0 aliphatic carbocycles. The van der Waals surface area contributed by atoms with Gasteiger partial charge in [0.15, 0.2) is 13.4 Å². The van der Waals surface area contributed by atoms with Crippen molar-refractivity contribution in [1.82, 2.24) is 4.90 Å². The zero-order valence-electron chi connectivity index (χ0n) is 17.3. The van der Waals surface area contributed by atoms with Gasteiger partial charge in [-0.15, -0.1) is 0 Å². The monoisotopic (exact) mass is 442 g/mol. The first-order chi connectivity index (χ1) is 15.4. The minimum absolute atomic E-state index is 0.0131. The Morgan fingerprint density at radius 2 is 1.97 bits per heavy atom. The molecule has 1 heterocycles. The summed E-state index contributed by atoms with van der Waals surface area (Å²) < 4.78 is 29.3. The first-order valence-electron chi connectivity index (χ1n) is 9.90. The van der Waals surface area contributed by atoms with E-state index in [1.165, 1.54) is 23.1 Å². The van der Waals surface area contributed by atoms with Crippen molar-refractivity contribution < 1.29 is 33.0 Å². The van der Waals surface area contributed by atoms with E-state index in [0.29, 0.717) is 16.9 Å². The third kappa shape index (κ3) is 6.64. The molecule has 2 N–H and O–H groups in total. The summed E-state index contributed by atoms with van der Waals surface area (Å²) in [5.41, 5.74) is 6.94. The number of hydrogen-bond acceptors (Lipinski definition) is 6. The van der Waals surface area contributed by atoms with Crippen LogP contribution in [-0.2, 0) is 37.0 Å². The Balaban J connectivity index is 1.60. The van der Waals surface area contributed by atoms with Crippen LogP contribution in [0.3, 0.4) is 0 Å². The largest absolute Gasteiger partial charge is 0.467 e. The Morgan fingerprint density at radius 3 is 2.72 bits per heavy atom. The van der Waals surface area contributed by atoms with Crippen molar-refractivity contribution in [3.63, 3.8) is 0 Å². The number of halogens is 1. The zero-order chi connectivity index (χ0) is 22.9. The number of fused-ring (bicyclic) bond motifs is 1. The molecule has 2 aromatic carbocycles. The fourth-order valence-electron chi connectivity index (χ4n) is 3.10. The van der Waals surface area contributed by atoms with Crippen molar-refractivity contribution in [1.29, 1.82) is 0 Å². The predicted octanol–water partition coefficient (Wildman–Crippen LogP) is 2.15. The van der Waals surface area contributed by atoms with Crippen LogP contribution < -0.4 is 10.5 Å². The highest BCUT2D eigenvalue weighted by Gasteiger charge is 2.18. The minimum Gasteiger partial charge on any atom is -0.467 e. The molecule has 1 aliphatic rings. The molecule has 0 fully saturated rings. The Hall–Kier alpha value is -3.72. The molecular formula is C23H23FN2O6. The fraction of sp³-hybridized carbons (Fsp3) is 0.261. The van der Waals surface area contributed by atoms with Gasteiger partial charge in [0.2, 0.25) is 5.91 Å². The van der Waals surface area contributed by atoms with E-state index < -0.39 is 30.2 Å². The molecule has 3 rings (SSSR count). The summed E-state index contributed by atoms with van der Waals surface area (Å²) in [6.45, 7) is 0.0667. The maximum absolute atomic E-state index is 13.8. The zero-order valence-corrected chi connectivity index (χ0v) is 17.3. The topological polar surface area (TPSA) is 108 Å². The van der Waals surface area contributed by atoms with Crippen LogP contribution in [0.15, 0.2) is 48.5 Å². The maximum atomic E-state index is 13.8. The smallest absolute Gasteiger partial charge is 0.331 e. The van der Waals surface area contributed by atoms with Gasteiger partial charge >= 0.3 is 5.97 Å². The third-order valence-electron chi connectivity index (χ3n) is 4.64. The number of benzene rings is 2. The summed E-state index contributed by atoms with van der Waals surface area (Å²) in [5.74, 6) is -1.86. The lowest BCUT2D eigenvalue weighted by Gasteiger charge is -2.22. The molecule has 168 valence electrons. The van der Waals surface area contributed by atoms with Crippen molar-refractivity contribution >= 4 is 23.9 Å². The Kier molecular flexibility index (Phi) is 7.93. The highest BCUT2D eigenvalue weighted by Crippen LogP contribution is 2.30. The average molecular weight is 442 g/mol.